The lowest BCUT2D eigenvalue weighted by Gasteiger charge is -2.50. The van der Waals surface area contributed by atoms with Crippen molar-refractivity contribution in [2.24, 2.45) is 0 Å². The molecule has 186 valence electrons. The first kappa shape index (κ1) is 23.0. The van der Waals surface area contributed by atoms with E-state index >= 15 is 0 Å². The van der Waals surface area contributed by atoms with Crippen LogP contribution in [0.2, 0.25) is 0 Å². The van der Waals surface area contributed by atoms with Crippen LogP contribution in [0.4, 0.5) is 11.5 Å². The highest BCUT2D eigenvalue weighted by molar-refractivity contribution is 5.95. The Morgan fingerprint density at radius 2 is 1.92 bits per heavy atom. The van der Waals surface area contributed by atoms with Crippen molar-refractivity contribution in [2.45, 2.75) is 38.0 Å². The molecule has 5 heterocycles. The summed E-state index contributed by atoms with van der Waals surface area (Å²) in [6, 6.07) is 15.4. The zero-order chi connectivity index (χ0) is 24.5. The Morgan fingerprint density at radius 3 is 2.72 bits per heavy atom. The van der Waals surface area contributed by atoms with Crippen LogP contribution in [0, 0.1) is 11.3 Å². The molecule has 0 radical (unpaired) electrons. The van der Waals surface area contributed by atoms with Crippen molar-refractivity contribution >= 4 is 22.4 Å². The maximum atomic E-state index is 9.53. The van der Waals surface area contributed by atoms with Crippen LogP contribution in [0.5, 0.6) is 5.75 Å². The maximum absolute atomic E-state index is 9.53. The van der Waals surface area contributed by atoms with Crippen LogP contribution in [-0.4, -0.2) is 78.9 Å². The molecule has 0 amide bonds. The summed E-state index contributed by atoms with van der Waals surface area (Å²) in [4.78, 5) is 16.6. The number of nitrogens with zero attached hydrogens (tertiary/aromatic N) is 6. The van der Waals surface area contributed by atoms with E-state index in [0.29, 0.717) is 17.6 Å². The first-order chi connectivity index (χ1) is 17.7. The summed E-state index contributed by atoms with van der Waals surface area (Å²) in [5.41, 5.74) is 2.58. The minimum atomic E-state index is 0.185. The van der Waals surface area contributed by atoms with Crippen molar-refractivity contribution in [3.05, 3.63) is 54.4 Å². The molecule has 3 saturated heterocycles. The van der Waals surface area contributed by atoms with E-state index in [-0.39, 0.29) is 6.10 Å². The number of benzene rings is 1. The van der Waals surface area contributed by atoms with Gasteiger partial charge in [-0.3, -0.25) is 9.88 Å². The summed E-state index contributed by atoms with van der Waals surface area (Å²) in [6.07, 6.45) is 5.86. The largest absolute Gasteiger partial charge is 0.489 e. The quantitative estimate of drug-likeness (QED) is 0.607. The van der Waals surface area contributed by atoms with Crippen molar-refractivity contribution in [3.8, 4) is 11.8 Å². The van der Waals surface area contributed by atoms with Gasteiger partial charge in [0.15, 0.2) is 0 Å². The van der Waals surface area contributed by atoms with E-state index in [2.05, 4.69) is 67.2 Å². The van der Waals surface area contributed by atoms with E-state index in [0.717, 1.165) is 81.1 Å². The molecule has 1 N–H and O–H groups in total. The third kappa shape index (κ3) is 4.45. The number of aromatic nitrogens is 2. The zero-order valence-corrected chi connectivity index (χ0v) is 20.8. The predicted molar refractivity (Wildman–Crippen MR) is 142 cm³/mol. The van der Waals surface area contributed by atoms with Crippen LogP contribution in [0.15, 0.2) is 48.8 Å². The van der Waals surface area contributed by atoms with Gasteiger partial charge in [-0.25, -0.2) is 4.98 Å². The number of nitrogens with one attached hydrogen (secondary N) is 1. The molecular weight excluding hydrogens is 450 g/mol. The third-order valence-electron chi connectivity index (χ3n) is 7.87. The van der Waals surface area contributed by atoms with Gasteiger partial charge in [0.1, 0.15) is 23.7 Å². The standard InChI is InChI=1S/C28H33N7O/c1-20-18-34(26-6-4-21(16-29)28-25(26)3-2-9-31-28)19-22-15-23(8-12-35(20)22)36-24-5-7-27(32-17-24)33-13-10-30-11-14-33/h2-7,9,17,20,22-23,30H,8,10-15,18-19H2,1H3/t20-,22+,23+/m1/s1. The Balaban J connectivity index is 1.16. The molecule has 3 aliphatic heterocycles. The number of fused-ring (bicyclic) bond motifs is 2. The lowest BCUT2D eigenvalue weighted by atomic mass is 9.93. The zero-order valence-electron chi connectivity index (χ0n) is 20.8. The molecule has 0 saturated carbocycles. The van der Waals surface area contributed by atoms with Crippen molar-refractivity contribution in [1.29, 1.82) is 5.26 Å². The normalized spacial score (nSPS) is 24.8. The number of hydrogen-bond acceptors (Lipinski definition) is 8. The van der Waals surface area contributed by atoms with E-state index in [9.17, 15) is 5.26 Å². The number of anilines is 2. The summed E-state index contributed by atoms with van der Waals surface area (Å²) >= 11 is 0. The molecular formula is C28H33N7O. The Bertz CT molecular complexity index is 1250. The van der Waals surface area contributed by atoms with E-state index in [1.54, 1.807) is 6.20 Å². The fourth-order valence-corrected chi connectivity index (χ4v) is 6.09. The molecule has 0 bridgehead atoms. The number of rotatable bonds is 4. The average molecular weight is 484 g/mol. The van der Waals surface area contributed by atoms with Gasteiger partial charge in [-0.1, -0.05) is 0 Å². The third-order valence-corrected chi connectivity index (χ3v) is 7.87. The molecule has 0 unspecified atom stereocenters. The van der Waals surface area contributed by atoms with E-state index in [4.69, 9.17) is 4.74 Å². The smallest absolute Gasteiger partial charge is 0.138 e. The van der Waals surface area contributed by atoms with Crippen molar-refractivity contribution in [1.82, 2.24) is 20.2 Å². The molecule has 8 heteroatoms. The first-order valence-electron chi connectivity index (χ1n) is 13.1. The van der Waals surface area contributed by atoms with Crippen molar-refractivity contribution in [3.63, 3.8) is 0 Å². The molecule has 0 aliphatic carbocycles. The average Bonchev–Trinajstić information content (AvgIpc) is 2.93. The van der Waals surface area contributed by atoms with Crippen molar-refractivity contribution in [2.75, 3.05) is 55.6 Å². The summed E-state index contributed by atoms with van der Waals surface area (Å²) in [7, 11) is 0. The molecule has 3 aliphatic rings. The van der Waals surface area contributed by atoms with E-state index in [1.807, 2.05) is 18.3 Å². The van der Waals surface area contributed by atoms with Crippen LogP contribution < -0.4 is 19.9 Å². The van der Waals surface area contributed by atoms with Gasteiger partial charge in [0.25, 0.3) is 0 Å². The van der Waals surface area contributed by atoms with Crippen LogP contribution in [0.3, 0.4) is 0 Å². The number of pyridine rings is 2. The highest BCUT2D eigenvalue weighted by Crippen LogP contribution is 2.34. The molecule has 3 fully saturated rings. The molecule has 3 atom stereocenters. The summed E-state index contributed by atoms with van der Waals surface area (Å²) in [6.45, 7) is 9.28. The van der Waals surface area contributed by atoms with Gasteiger partial charge in [0.05, 0.1) is 17.3 Å². The number of ether oxygens (including phenoxy) is 1. The summed E-state index contributed by atoms with van der Waals surface area (Å²) < 4.78 is 6.44. The predicted octanol–water partition coefficient (Wildman–Crippen LogP) is 3.03. The van der Waals surface area contributed by atoms with Gasteiger partial charge in [0.2, 0.25) is 0 Å². The summed E-state index contributed by atoms with van der Waals surface area (Å²) in [5.74, 6) is 1.89. The Labute approximate surface area is 212 Å². The topological polar surface area (TPSA) is 80.5 Å². The number of piperidine rings is 1. The van der Waals surface area contributed by atoms with Crippen molar-refractivity contribution < 1.29 is 4.74 Å². The molecule has 1 aromatic carbocycles. The van der Waals surface area contributed by atoms with Crippen LogP contribution in [0.1, 0.15) is 25.3 Å². The van der Waals surface area contributed by atoms with Gasteiger partial charge < -0.3 is 19.9 Å². The fourth-order valence-electron chi connectivity index (χ4n) is 6.09. The van der Waals surface area contributed by atoms with Gasteiger partial charge in [-0.05, 0) is 49.7 Å². The highest BCUT2D eigenvalue weighted by atomic mass is 16.5. The van der Waals surface area contributed by atoms with Gasteiger partial charge in [0, 0.05) is 81.6 Å². The van der Waals surface area contributed by atoms with Crippen LogP contribution in [-0.2, 0) is 0 Å². The second-order valence-corrected chi connectivity index (χ2v) is 10.1. The fraction of sp³-hybridized carbons (Fsp3) is 0.464. The number of hydrogen-bond donors (Lipinski definition) is 1. The van der Waals surface area contributed by atoms with Gasteiger partial charge in [-0.15, -0.1) is 0 Å². The number of nitriles is 1. The lowest BCUT2D eigenvalue weighted by Crippen LogP contribution is -2.61. The maximum Gasteiger partial charge on any atom is 0.138 e. The molecule has 6 rings (SSSR count). The van der Waals surface area contributed by atoms with Gasteiger partial charge >= 0.3 is 0 Å². The van der Waals surface area contributed by atoms with Crippen LogP contribution >= 0.6 is 0 Å². The number of piperazine rings is 2. The minimum absolute atomic E-state index is 0.185. The second-order valence-electron chi connectivity index (χ2n) is 10.1. The van der Waals surface area contributed by atoms with Crippen LogP contribution in [0.25, 0.3) is 10.9 Å². The first-order valence-corrected chi connectivity index (χ1v) is 13.1. The molecule has 2 aromatic heterocycles. The monoisotopic (exact) mass is 483 g/mol. The van der Waals surface area contributed by atoms with E-state index < -0.39 is 0 Å². The van der Waals surface area contributed by atoms with E-state index in [1.165, 1.54) is 5.69 Å². The minimum Gasteiger partial charge on any atom is -0.489 e. The molecule has 0 spiro atoms. The second kappa shape index (κ2) is 9.92. The molecule has 36 heavy (non-hydrogen) atoms. The SMILES string of the molecule is C[C@@H]1CN(c2ccc(C#N)c3ncccc23)C[C@@H]2C[C@@H](Oc3ccc(N4CCNCC4)nc3)CCN21. The highest BCUT2D eigenvalue weighted by Gasteiger charge is 2.38. The lowest BCUT2D eigenvalue weighted by molar-refractivity contribution is 0.0237. The Hall–Kier alpha value is -3.41. The van der Waals surface area contributed by atoms with Gasteiger partial charge in [-0.2, -0.15) is 5.26 Å². The Morgan fingerprint density at radius 1 is 1.03 bits per heavy atom. The Kier molecular flexibility index (Phi) is 6.34. The molecule has 3 aromatic rings. The molecule has 8 nitrogen and oxygen atoms in total. The summed E-state index contributed by atoms with van der Waals surface area (Å²) in [5, 5.41) is 14.0.